The maximum Gasteiger partial charge on any atom is 0.338 e. The molecule has 0 spiro atoms. The first-order valence-electron chi connectivity index (χ1n) is 6.75. The predicted octanol–water partition coefficient (Wildman–Crippen LogP) is 4.37. The number of halogens is 1. The summed E-state index contributed by atoms with van der Waals surface area (Å²) in [5, 5.41) is 8.81. The van der Waals surface area contributed by atoms with Gasteiger partial charge in [0.1, 0.15) is 5.82 Å². The van der Waals surface area contributed by atoms with Gasteiger partial charge in [-0.3, -0.25) is 0 Å². The molecule has 1 fully saturated rings. The van der Waals surface area contributed by atoms with E-state index in [-0.39, 0.29) is 5.56 Å². The van der Waals surface area contributed by atoms with Gasteiger partial charge in [-0.2, -0.15) is 0 Å². The Bertz CT molecular complexity index is 474. The first kappa shape index (κ1) is 13.8. The molecule has 1 N–H and O–H groups in total. The summed E-state index contributed by atoms with van der Waals surface area (Å²) in [7, 11) is 0. The summed E-state index contributed by atoms with van der Waals surface area (Å²) in [5.41, 5.74) is 0.684. The van der Waals surface area contributed by atoms with Crippen molar-refractivity contribution < 1.29 is 14.3 Å². The number of aromatic carboxylic acids is 1. The molecule has 2 rings (SSSR count). The lowest BCUT2D eigenvalue weighted by molar-refractivity contribution is 0.0692. The third-order valence-electron chi connectivity index (χ3n) is 4.04. The minimum atomic E-state index is -1.21. The molecule has 102 valence electrons. The quantitative estimate of drug-likeness (QED) is 0.818. The lowest BCUT2D eigenvalue weighted by Crippen LogP contribution is -2.13. The monoisotopic (exact) mass is 262 g/mol. The van der Waals surface area contributed by atoms with E-state index in [1.165, 1.54) is 12.1 Å². The fraction of sp³-hybridized carbons (Fsp3) is 0.438. The van der Waals surface area contributed by atoms with Crippen molar-refractivity contribution in [1.29, 1.82) is 0 Å². The van der Waals surface area contributed by atoms with Crippen LogP contribution in [0.15, 0.2) is 30.9 Å². The maximum atomic E-state index is 13.7. The van der Waals surface area contributed by atoms with Gasteiger partial charge in [-0.15, -0.1) is 6.58 Å². The van der Waals surface area contributed by atoms with Gasteiger partial charge in [0.2, 0.25) is 0 Å². The molecule has 1 aromatic carbocycles. The second-order valence-electron chi connectivity index (χ2n) is 5.29. The fourth-order valence-corrected chi connectivity index (χ4v) is 2.93. The largest absolute Gasteiger partial charge is 0.478 e. The number of benzene rings is 1. The van der Waals surface area contributed by atoms with Crippen molar-refractivity contribution in [3.05, 3.63) is 47.8 Å². The van der Waals surface area contributed by atoms with E-state index in [2.05, 4.69) is 6.58 Å². The zero-order chi connectivity index (χ0) is 13.8. The third-order valence-corrected chi connectivity index (χ3v) is 4.04. The molecule has 0 aromatic heterocycles. The number of carboxylic acids is 1. The molecule has 1 aromatic rings. The van der Waals surface area contributed by atoms with Crippen LogP contribution in [0.3, 0.4) is 0 Å². The topological polar surface area (TPSA) is 37.3 Å². The molecule has 0 atom stereocenters. The van der Waals surface area contributed by atoms with Crippen LogP contribution >= 0.6 is 0 Å². The third kappa shape index (κ3) is 3.22. The van der Waals surface area contributed by atoms with E-state index in [1.807, 2.05) is 6.08 Å². The summed E-state index contributed by atoms with van der Waals surface area (Å²) in [6, 6.07) is 4.52. The Labute approximate surface area is 113 Å². The molecule has 0 bridgehead atoms. The Morgan fingerprint density at radius 1 is 1.37 bits per heavy atom. The average molecular weight is 262 g/mol. The van der Waals surface area contributed by atoms with Crippen LogP contribution in [0.1, 0.15) is 53.9 Å². The number of allylic oxidation sites excluding steroid dienone is 1. The van der Waals surface area contributed by atoms with Crippen molar-refractivity contribution in [2.75, 3.05) is 0 Å². The number of rotatable bonds is 4. The highest BCUT2D eigenvalue weighted by Crippen LogP contribution is 2.37. The van der Waals surface area contributed by atoms with Gasteiger partial charge in [0.25, 0.3) is 0 Å². The summed E-state index contributed by atoms with van der Waals surface area (Å²) in [5.74, 6) is -0.771. The van der Waals surface area contributed by atoms with E-state index < -0.39 is 11.8 Å². The van der Waals surface area contributed by atoms with Crippen molar-refractivity contribution in [1.82, 2.24) is 0 Å². The number of hydrogen-bond acceptors (Lipinski definition) is 1. The molecule has 0 radical (unpaired) electrons. The van der Waals surface area contributed by atoms with E-state index in [9.17, 15) is 9.18 Å². The zero-order valence-electron chi connectivity index (χ0n) is 10.9. The van der Waals surface area contributed by atoms with Crippen molar-refractivity contribution in [3.63, 3.8) is 0 Å². The molecule has 1 aliphatic rings. The molecule has 19 heavy (non-hydrogen) atoms. The van der Waals surface area contributed by atoms with E-state index in [4.69, 9.17) is 5.11 Å². The first-order valence-corrected chi connectivity index (χ1v) is 6.75. The highest BCUT2D eigenvalue weighted by Gasteiger charge is 2.22. The Hall–Kier alpha value is -1.64. The van der Waals surface area contributed by atoms with Crippen LogP contribution in [0, 0.1) is 11.7 Å². The molecule has 0 aliphatic heterocycles. The predicted molar refractivity (Wildman–Crippen MR) is 72.9 cm³/mol. The van der Waals surface area contributed by atoms with Gasteiger partial charge in [0.15, 0.2) is 0 Å². The van der Waals surface area contributed by atoms with Gasteiger partial charge >= 0.3 is 5.97 Å². The van der Waals surface area contributed by atoms with Crippen LogP contribution in [-0.4, -0.2) is 11.1 Å². The fourth-order valence-electron chi connectivity index (χ4n) is 2.93. The van der Waals surface area contributed by atoms with Crippen LogP contribution in [0.2, 0.25) is 0 Å². The molecule has 0 saturated heterocycles. The SMILES string of the molecule is C=CCC1CCC(c2ccc(C(=O)O)c(F)c2)CC1. The maximum absolute atomic E-state index is 13.7. The normalized spacial score (nSPS) is 23.0. The Balaban J connectivity index is 2.06. The van der Waals surface area contributed by atoms with Crippen LogP contribution in [0.25, 0.3) is 0 Å². The van der Waals surface area contributed by atoms with E-state index in [1.54, 1.807) is 6.07 Å². The van der Waals surface area contributed by atoms with Gasteiger partial charge < -0.3 is 5.11 Å². The molecular formula is C16H19FO2. The number of carboxylic acid groups (broad SMARTS) is 1. The molecule has 3 heteroatoms. The molecule has 1 aliphatic carbocycles. The van der Waals surface area contributed by atoms with Crippen LogP contribution in [0.4, 0.5) is 4.39 Å². The van der Waals surface area contributed by atoms with Crippen molar-refractivity contribution in [2.45, 2.75) is 38.0 Å². The van der Waals surface area contributed by atoms with Gasteiger partial charge in [-0.1, -0.05) is 12.1 Å². The zero-order valence-corrected chi connectivity index (χ0v) is 10.9. The molecular weight excluding hydrogens is 243 g/mol. The average Bonchev–Trinajstić information content (AvgIpc) is 2.39. The van der Waals surface area contributed by atoms with Crippen LogP contribution in [-0.2, 0) is 0 Å². The van der Waals surface area contributed by atoms with Gasteiger partial charge in [0.05, 0.1) is 5.56 Å². The highest BCUT2D eigenvalue weighted by molar-refractivity contribution is 5.87. The van der Waals surface area contributed by atoms with E-state index in [0.717, 1.165) is 37.7 Å². The van der Waals surface area contributed by atoms with E-state index in [0.29, 0.717) is 11.8 Å². The first-order chi connectivity index (χ1) is 9.11. The standard InChI is InChI=1S/C16H19FO2/c1-2-3-11-4-6-12(7-5-11)13-8-9-14(16(18)19)15(17)10-13/h2,8-12H,1,3-7H2,(H,18,19). The van der Waals surface area contributed by atoms with Gasteiger partial charge in [-0.05, 0) is 61.6 Å². The summed E-state index contributed by atoms with van der Waals surface area (Å²) in [4.78, 5) is 10.8. The Kier molecular flexibility index (Phi) is 4.35. The number of carbonyl (C=O) groups is 1. The molecule has 0 amide bonds. The molecule has 2 nitrogen and oxygen atoms in total. The van der Waals surface area contributed by atoms with Gasteiger partial charge in [0, 0.05) is 0 Å². The molecule has 1 saturated carbocycles. The van der Waals surface area contributed by atoms with Crippen LogP contribution < -0.4 is 0 Å². The number of hydrogen-bond donors (Lipinski definition) is 1. The minimum Gasteiger partial charge on any atom is -0.478 e. The summed E-state index contributed by atoms with van der Waals surface area (Å²) < 4.78 is 13.7. The second kappa shape index (κ2) is 6.00. The van der Waals surface area contributed by atoms with Gasteiger partial charge in [-0.25, -0.2) is 9.18 Å². The summed E-state index contributed by atoms with van der Waals surface area (Å²) >= 11 is 0. The lowest BCUT2D eigenvalue weighted by Gasteiger charge is -2.28. The Morgan fingerprint density at radius 2 is 2.05 bits per heavy atom. The smallest absolute Gasteiger partial charge is 0.338 e. The van der Waals surface area contributed by atoms with E-state index >= 15 is 0 Å². The van der Waals surface area contributed by atoms with Crippen molar-refractivity contribution in [3.8, 4) is 0 Å². The Morgan fingerprint density at radius 3 is 2.58 bits per heavy atom. The molecule has 0 unspecified atom stereocenters. The molecule has 0 heterocycles. The highest BCUT2D eigenvalue weighted by atomic mass is 19.1. The summed E-state index contributed by atoms with van der Waals surface area (Å²) in [6.07, 6.45) is 7.39. The minimum absolute atomic E-state index is 0.246. The van der Waals surface area contributed by atoms with Crippen molar-refractivity contribution >= 4 is 5.97 Å². The summed E-state index contributed by atoms with van der Waals surface area (Å²) in [6.45, 7) is 3.76. The van der Waals surface area contributed by atoms with Crippen molar-refractivity contribution in [2.24, 2.45) is 5.92 Å². The lowest BCUT2D eigenvalue weighted by atomic mass is 9.77. The van der Waals surface area contributed by atoms with Crippen LogP contribution in [0.5, 0.6) is 0 Å². The second-order valence-corrected chi connectivity index (χ2v) is 5.29.